The Morgan fingerprint density at radius 1 is 1.12 bits per heavy atom. The van der Waals surface area contributed by atoms with E-state index in [0.29, 0.717) is 12.8 Å². The van der Waals surface area contributed by atoms with Gasteiger partial charge in [-0.3, -0.25) is 13.9 Å². The Kier molecular flexibility index (Phi) is 11.0. The highest BCUT2D eigenvalue weighted by atomic mass is 31.2. The number of alkyl carbamates (subject to hydrolysis) is 1. The van der Waals surface area contributed by atoms with E-state index in [2.05, 4.69) is 9.26 Å². The molecule has 11 heteroatoms. The van der Waals surface area contributed by atoms with Crippen LogP contribution in [0.25, 0.3) is 0 Å². The van der Waals surface area contributed by atoms with Gasteiger partial charge < -0.3 is 24.8 Å². The van der Waals surface area contributed by atoms with Crippen molar-refractivity contribution in [2.75, 3.05) is 19.7 Å². The number of carboxylic acid groups (broad SMARTS) is 1. The van der Waals surface area contributed by atoms with Crippen LogP contribution in [0.4, 0.5) is 4.79 Å². The average molecular weight is 369 g/mol. The van der Waals surface area contributed by atoms with Gasteiger partial charge in [-0.05, 0) is 12.8 Å². The Balaban J connectivity index is 4.06. The van der Waals surface area contributed by atoms with Gasteiger partial charge >= 0.3 is 25.6 Å². The van der Waals surface area contributed by atoms with Crippen LogP contribution in [0.3, 0.4) is 0 Å². The van der Waals surface area contributed by atoms with E-state index in [0.717, 1.165) is 12.8 Å². The van der Waals surface area contributed by atoms with Gasteiger partial charge in [-0.1, -0.05) is 26.7 Å². The predicted octanol–water partition coefficient (Wildman–Crippen LogP) is 1.67. The fourth-order valence-electron chi connectivity index (χ4n) is 1.75. The molecule has 0 radical (unpaired) electrons. The molecule has 0 aliphatic heterocycles. The highest BCUT2D eigenvalue weighted by Gasteiger charge is 2.23. The van der Waals surface area contributed by atoms with Gasteiger partial charge in [0.15, 0.2) is 6.61 Å². The van der Waals surface area contributed by atoms with E-state index in [1.165, 1.54) is 0 Å². The first-order valence-electron chi connectivity index (χ1n) is 7.47. The second kappa shape index (κ2) is 11.8. The topological polar surface area (TPSA) is 148 Å². The van der Waals surface area contributed by atoms with Crippen LogP contribution >= 0.6 is 7.60 Å². The van der Waals surface area contributed by atoms with Crippen molar-refractivity contribution in [3.05, 3.63) is 0 Å². The van der Waals surface area contributed by atoms with Gasteiger partial charge in [0.1, 0.15) is 6.29 Å². The van der Waals surface area contributed by atoms with Crippen LogP contribution in [0, 0.1) is 5.92 Å². The molecule has 0 rings (SSSR count). The molecular weight excluding hydrogens is 345 g/mol. The maximum atomic E-state index is 11.8. The number of nitrogens with one attached hydrogen (secondary N) is 1. The second-order valence-corrected chi connectivity index (χ2v) is 6.78. The largest absolute Gasteiger partial charge is 0.480 e. The van der Waals surface area contributed by atoms with Gasteiger partial charge in [0.05, 0.1) is 5.92 Å². The SMILES string of the molecule is CCCC(CCC)C(=O)OCOC(=O)NCP(=O)(O)OCC(=O)O. The normalized spacial score (nSPS) is 13.2. The van der Waals surface area contributed by atoms with E-state index in [1.807, 2.05) is 19.2 Å². The minimum atomic E-state index is -4.29. The van der Waals surface area contributed by atoms with Crippen LogP contribution in [0.15, 0.2) is 0 Å². The summed E-state index contributed by atoms with van der Waals surface area (Å²) in [6.07, 6.45) is 1.06. The molecule has 10 nitrogen and oxygen atoms in total. The minimum absolute atomic E-state index is 0.256. The van der Waals surface area contributed by atoms with Crippen molar-refractivity contribution in [3.8, 4) is 0 Å². The highest BCUT2D eigenvalue weighted by Crippen LogP contribution is 2.39. The fourth-order valence-corrected chi connectivity index (χ4v) is 2.49. The summed E-state index contributed by atoms with van der Waals surface area (Å²) in [7, 11) is -4.29. The molecule has 0 heterocycles. The maximum absolute atomic E-state index is 11.8. The van der Waals surface area contributed by atoms with Crippen molar-refractivity contribution in [3.63, 3.8) is 0 Å². The van der Waals surface area contributed by atoms with Crippen molar-refractivity contribution in [1.82, 2.24) is 5.32 Å². The molecule has 0 bridgehead atoms. The Morgan fingerprint density at radius 3 is 2.21 bits per heavy atom. The monoisotopic (exact) mass is 369 g/mol. The number of carbonyl (C=O) groups excluding carboxylic acids is 2. The molecule has 0 aromatic heterocycles. The minimum Gasteiger partial charge on any atom is -0.480 e. The fraction of sp³-hybridized carbons (Fsp3) is 0.769. The zero-order valence-corrected chi connectivity index (χ0v) is 14.6. The number of carboxylic acids is 1. The molecule has 0 aliphatic rings. The molecule has 3 N–H and O–H groups in total. The van der Waals surface area contributed by atoms with Gasteiger partial charge in [-0.2, -0.15) is 0 Å². The lowest BCUT2D eigenvalue weighted by atomic mass is 9.99. The number of amides is 1. The third-order valence-corrected chi connectivity index (χ3v) is 3.90. The Bertz CT molecular complexity index is 462. The van der Waals surface area contributed by atoms with Gasteiger partial charge in [0.2, 0.25) is 6.79 Å². The molecular formula is C13H24NO9P. The van der Waals surface area contributed by atoms with Crippen LogP contribution in [0.1, 0.15) is 39.5 Å². The molecule has 0 saturated heterocycles. The summed E-state index contributed by atoms with van der Waals surface area (Å²) in [5.41, 5.74) is 0. The molecule has 1 amide bonds. The molecule has 24 heavy (non-hydrogen) atoms. The number of carbonyl (C=O) groups is 3. The molecule has 0 fully saturated rings. The molecule has 0 aromatic carbocycles. The lowest BCUT2D eigenvalue weighted by Gasteiger charge is -2.15. The predicted molar refractivity (Wildman–Crippen MR) is 82.2 cm³/mol. The van der Waals surface area contributed by atoms with Crippen molar-refractivity contribution >= 4 is 25.6 Å². The standard InChI is InChI=1S/C13H24NO9P/c1-3-5-10(6-4-2)12(17)21-9-22-13(18)14-8-24(19,20)23-7-11(15)16/h10H,3-9H2,1-2H3,(H,14,18)(H,15,16)(H,19,20). The van der Waals surface area contributed by atoms with E-state index in [9.17, 15) is 23.8 Å². The number of rotatable bonds is 12. The second-order valence-electron chi connectivity index (χ2n) is 4.93. The first-order chi connectivity index (χ1) is 11.2. The first-order valence-corrected chi connectivity index (χ1v) is 9.23. The van der Waals surface area contributed by atoms with Gasteiger partial charge in [-0.25, -0.2) is 9.59 Å². The zero-order valence-electron chi connectivity index (χ0n) is 13.7. The lowest BCUT2D eigenvalue weighted by Crippen LogP contribution is -2.28. The van der Waals surface area contributed by atoms with Crippen molar-refractivity contribution < 1.29 is 42.9 Å². The zero-order chi connectivity index (χ0) is 18.6. The van der Waals surface area contributed by atoms with Gasteiger partial charge in [0.25, 0.3) is 0 Å². The number of esters is 1. The summed E-state index contributed by atoms with van der Waals surface area (Å²) in [5, 5.41) is 10.2. The third kappa shape index (κ3) is 11.0. The molecule has 0 aromatic rings. The van der Waals surface area contributed by atoms with E-state index in [4.69, 9.17) is 9.84 Å². The first kappa shape index (κ1) is 22.4. The molecule has 0 saturated carbocycles. The van der Waals surface area contributed by atoms with Crippen molar-refractivity contribution in [1.29, 1.82) is 0 Å². The van der Waals surface area contributed by atoms with Crippen molar-refractivity contribution in [2.24, 2.45) is 5.92 Å². The quantitative estimate of drug-likeness (QED) is 0.265. The summed E-state index contributed by atoms with van der Waals surface area (Å²) >= 11 is 0. The summed E-state index contributed by atoms with van der Waals surface area (Å²) in [6.45, 7) is 2.29. The van der Waals surface area contributed by atoms with E-state index < -0.39 is 45.3 Å². The van der Waals surface area contributed by atoms with Crippen LogP contribution in [-0.4, -0.2) is 47.7 Å². The van der Waals surface area contributed by atoms with Gasteiger partial charge in [-0.15, -0.1) is 0 Å². The number of ether oxygens (including phenoxy) is 2. The van der Waals surface area contributed by atoms with Crippen LogP contribution in [-0.2, 0) is 28.2 Å². The summed E-state index contributed by atoms with van der Waals surface area (Å²) < 4.78 is 24.9. The van der Waals surface area contributed by atoms with Crippen LogP contribution in [0.2, 0.25) is 0 Å². The average Bonchev–Trinajstić information content (AvgIpc) is 2.51. The number of hydrogen-bond donors (Lipinski definition) is 3. The highest BCUT2D eigenvalue weighted by molar-refractivity contribution is 7.52. The smallest absolute Gasteiger partial charge is 0.410 e. The molecule has 0 aliphatic carbocycles. The summed E-state index contributed by atoms with van der Waals surface area (Å²) in [6, 6.07) is 0. The number of aliphatic carboxylic acids is 1. The summed E-state index contributed by atoms with van der Waals surface area (Å²) in [5.74, 6) is -2.15. The van der Waals surface area contributed by atoms with Crippen molar-refractivity contribution in [2.45, 2.75) is 39.5 Å². The molecule has 0 spiro atoms. The summed E-state index contributed by atoms with van der Waals surface area (Å²) in [4.78, 5) is 42.5. The Hall–Kier alpha value is -1.64. The van der Waals surface area contributed by atoms with Crippen LogP contribution < -0.4 is 5.32 Å². The Labute approximate surface area is 140 Å². The van der Waals surface area contributed by atoms with Crippen LogP contribution in [0.5, 0.6) is 0 Å². The maximum Gasteiger partial charge on any atom is 0.410 e. The van der Waals surface area contributed by atoms with E-state index >= 15 is 0 Å². The van der Waals surface area contributed by atoms with Gasteiger partial charge in [0, 0.05) is 0 Å². The third-order valence-electron chi connectivity index (χ3n) is 2.81. The molecule has 1 atom stereocenters. The van der Waals surface area contributed by atoms with E-state index in [1.54, 1.807) is 0 Å². The molecule has 140 valence electrons. The molecule has 1 unspecified atom stereocenters. The number of hydrogen-bond acceptors (Lipinski definition) is 7. The lowest BCUT2D eigenvalue weighted by molar-refractivity contribution is -0.157. The Morgan fingerprint density at radius 2 is 1.71 bits per heavy atom. The van der Waals surface area contributed by atoms with E-state index in [-0.39, 0.29) is 5.92 Å².